The summed E-state index contributed by atoms with van der Waals surface area (Å²) < 4.78 is 3.62. The number of nitrogens with zero attached hydrogens (tertiary/aromatic N) is 6. The minimum absolute atomic E-state index is 0.317. The Labute approximate surface area is 143 Å². The zero-order valence-corrected chi connectivity index (χ0v) is 13.9. The molecule has 0 amide bonds. The standard InChI is InChI=1S/C17H15ClN6/c1-10-4-2-7-13-14(10)20-17(18)24-16(13)21-15(22-24)11-8-19-23(9-11)12-5-3-6-12/h2,4,7-9,12H,3,5-6H2,1H3. The summed E-state index contributed by atoms with van der Waals surface area (Å²) in [5, 5.41) is 10.3. The third-order valence-electron chi connectivity index (χ3n) is 4.77. The van der Waals surface area contributed by atoms with E-state index in [0.29, 0.717) is 17.1 Å². The lowest BCUT2D eigenvalue weighted by Gasteiger charge is -2.25. The van der Waals surface area contributed by atoms with Crippen molar-refractivity contribution >= 4 is 28.2 Å². The fraction of sp³-hybridized carbons (Fsp3) is 0.294. The second kappa shape index (κ2) is 5.01. The predicted octanol–water partition coefficient (Wildman–Crippen LogP) is 3.83. The van der Waals surface area contributed by atoms with E-state index < -0.39 is 0 Å². The van der Waals surface area contributed by atoms with Gasteiger partial charge in [-0.3, -0.25) is 4.68 Å². The van der Waals surface area contributed by atoms with Crippen molar-refractivity contribution in [3.8, 4) is 11.4 Å². The van der Waals surface area contributed by atoms with Crippen LogP contribution in [0.2, 0.25) is 5.28 Å². The first-order chi connectivity index (χ1) is 11.7. The lowest BCUT2D eigenvalue weighted by atomic mass is 9.93. The van der Waals surface area contributed by atoms with Gasteiger partial charge < -0.3 is 0 Å². The van der Waals surface area contributed by atoms with Crippen LogP contribution in [0.5, 0.6) is 0 Å². The van der Waals surface area contributed by atoms with E-state index in [9.17, 15) is 0 Å². The molecule has 1 aromatic carbocycles. The van der Waals surface area contributed by atoms with E-state index in [1.54, 1.807) is 4.52 Å². The van der Waals surface area contributed by atoms with Gasteiger partial charge in [0.15, 0.2) is 11.5 Å². The molecule has 1 saturated carbocycles. The second-order valence-electron chi connectivity index (χ2n) is 6.32. The Hall–Kier alpha value is -2.47. The molecule has 0 aliphatic heterocycles. The molecular formula is C17H15ClN6. The highest BCUT2D eigenvalue weighted by Crippen LogP contribution is 2.32. The summed E-state index contributed by atoms with van der Waals surface area (Å²) in [6.07, 6.45) is 7.51. The molecule has 0 radical (unpaired) electrons. The van der Waals surface area contributed by atoms with E-state index in [1.807, 2.05) is 42.2 Å². The molecule has 1 fully saturated rings. The first-order valence-corrected chi connectivity index (χ1v) is 8.44. The van der Waals surface area contributed by atoms with Crippen molar-refractivity contribution in [3.05, 3.63) is 41.4 Å². The molecule has 0 atom stereocenters. The van der Waals surface area contributed by atoms with Gasteiger partial charge >= 0.3 is 0 Å². The fourth-order valence-electron chi connectivity index (χ4n) is 3.17. The molecular weight excluding hydrogens is 324 g/mol. The number of halogens is 1. The van der Waals surface area contributed by atoms with Crippen LogP contribution in [0.4, 0.5) is 0 Å². The molecule has 24 heavy (non-hydrogen) atoms. The van der Waals surface area contributed by atoms with Gasteiger partial charge in [-0.05, 0) is 49.4 Å². The summed E-state index contributed by atoms with van der Waals surface area (Å²) in [6, 6.07) is 6.53. The molecule has 0 unspecified atom stereocenters. The summed E-state index contributed by atoms with van der Waals surface area (Å²) in [7, 11) is 0. The van der Waals surface area contributed by atoms with Gasteiger partial charge in [0.2, 0.25) is 5.28 Å². The summed E-state index contributed by atoms with van der Waals surface area (Å²) in [5.74, 6) is 0.623. The van der Waals surface area contributed by atoms with Crippen LogP contribution in [0.15, 0.2) is 30.6 Å². The largest absolute Gasteiger partial charge is 0.269 e. The number of para-hydroxylation sites is 1. The van der Waals surface area contributed by atoms with Gasteiger partial charge in [-0.15, -0.1) is 5.10 Å². The molecule has 1 aliphatic rings. The number of hydrogen-bond acceptors (Lipinski definition) is 4. The van der Waals surface area contributed by atoms with E-state index in [4.69, 9.17) is 16.6 Å². The van der Waals surface area contributed by atoms with Crippen LogP contribution in [0.25, 0.3) is 27.9 Å². The van der Waals surface area contributed by atoms with Crippen LogP contribution in [-0.4, -0.2) is 29.4 Å². The lowest BCUT2D eigenvalue weighted by Crippen LogP contribution is -2.16. The van der Waals surface area contributed by atoms with Gasteiger partial charge in [-0.2, -0.15) is 9.61 Å². The van der Waals surface area contributed by atoms with Crippen LogP contribution >= 0.6 is 11.6 Å². The van der Waals surface area contributed by atoms with Crippen molar-refractivity contribution < 1.29 is 0 Å². The average Bonchev–Trinajstić information content (AvgIpc) is 3.14. The van der Waals surface area contributed by atoms with Gasteiger partial charge in [0.05, 0.1) is 23.3 Å². The maximum absolute atomic E-state index is 6.32. The van der Waals surface area contributed by atoms with Crippen molar-refractivity contribution in [1.82, 2.24) is 29.4 Å². The van der Waals surface area contributed by atoms with E-state index in [2.05, 4.69) is 15.2 Å². The van der Waals surface area contributed by atoms with Crippen molar-refractivity contribution in [2.75, 3.05) is 0 Å². The van der Waals surface area contributed by atoms with Gasteiger partial charge in [0.1, 0.15) is 0 Å². The Balaban J connectivity index is 1.70. The molecule has 0 spiro atoms. The van der Waals surface area contributed by atoms with Crippen molar-refractivity contribution in [3.63, 3.8) is 0 Å². The highest BCUT2D eigenvalue weighted by atomic mass is 35.5. The summed E-state index contributed by atoms with van der Waals surface area (Å²) in [4.78, 5) is 9.17. The number of fused-ring (bicyclic) bond motifs is 3. The minimum Gasteiger partial charge on any atom is -0.269 e. The Bertz CT molecular complexity index is 1080. The SMILES string of the molecule is Cc1cccc2c1nc(Cl)n1nc(-c3cnn(C4CCC4)c3)nc21. The Morgan fingerprint density at radius 1 is 1.21 bits per heavy atom. The van der Waals surface area contributed by atoms with Gasteiger partial charge in [-0.1, -0.05) is 12.1 Å². The first-order valence-electron chi connectivity index (χ1n) is 8.07. The van der Waals surface area contributed by atoms with Crippen LogP contribution in [0.1, 0.15) is 30.9 Å². The monoisotopic (exact) mass is 338 g/mol. The van der Waals surface area contributed by atoms with Gasteiger partial charge in [-0.25, -0.2) is 9.97 Å². The van der Waals surface area contributed by atoms with Crippen LogP contribution < -0.4 is 0 Å². The third kappa shape index (κ3) is 1.96. The van der Waals surface area contributed by atoms with Crippen molar-refractivity contribution in [2.24, 2.45) is 0 Å². The molecule has 3 heterocycles. The van der Waals surface area contributed by atoms with E-state index >= 15 is 0 Å². The van der Waals surface area contributed by atoms with Crippen LogP contribution in [0, 0.1) is 6.92 Å². The Kier molecular flexibility index (Phi) is 2.91. The number of aryl methyl sites for hydroxylation is 1. The quantitative estimate of drug-likeness (QED) is 0.521. The van der Waals surface area contributed by atoms with Crippen LogP contribution in [-0.2, 0) is 0 Å². The molecule has 1 aliphatic carbocycles. The molecule has 4 aromatic rings. The number of benzene rings is 1. The summed E-state index contributed by atoms with van der Waals surface area (Å²) in [5.41, 5.74) is 3.56. The molecule has 5 rings (SSSR count). The first kappa shape index (κ1) is 13.9. The maximum Gasteiger partial charge on any atom is 0.226 e. The number of rotatable bonds is 2. The minimum atomic E-state index is 0.317. The normalized spacial score (nSPS) is 15.2. The molecule has 3 aromatic heterocycles. The molecule has 120 valence electrons. The smallest absolute Gasteiger partial charge is 0.226 e. The third-order valence-corrected chi connectivity index (χ3v) is 5.02. The van der Waals surface area contributed by atoms with Gasteiger partial charge in [0, 0.05) is 11.6 Å². The Morgan fingerprint density at radius 2 is 2.08 bits per heavy atom. The second-order valence-corrected chi connectivity index (χ2v) is 6.65. The fourth-order valence-corrected chi connectivity index (χ4v) is 3.37. The van der Waals surface area contributed by atoms with E-state index in [-0.39, 0.29) is 0 Å². The highest BCUT2D eigenvalue weighted by Gasteiger charge is 2.21. The molecule has 7 heteroatoms. The zero-order chi connectivity index (χ0) is 16.3. The van der Waals surface area contributed by atoms with E-state index in [1.165, 1.54) is 19.3 Å². The average molecular weight is 339 g/mol. The predicted molar refractivity (Wildman–Crippen MR) is 92.1 cm³/mol. The summed E-state index contributed by atoms with van der Waals surface area (Å²) >= 11 is 6.32. The number of aromatic nitrogens is 6. The summed E-state index contributed by atoms with van der Waals surface area (Å²) in [6.45, 7) is 2.02. The maximum atomic E-state index is 6.32. The zero-order valence-electron chi connectivity index (χ0n) is 13.1. The molecule has 6 nitrogen and oxygen atoms in total. The highest BCUT2D eigenvalue weighted by molar-refractivity contribution is 6.29. The molecule has 0 saturated heterocycles. The molecule has 0 bridgehead atoms. The van der Waals surface area contributed by atoms with E-state index in [0.717, 1.165) is 27.7 Å². The molecule has 0 N–H and O–H groups in total. The Morgan fingerprint density at radius 3 is 2.88 bits per heavy atom. The number of hydrogen-bond donors (Lipinski definition) is 0. The van der Waals surface area contributed by atoms with Crippen LogP contribution in [0.3, 0.4) is 0 Å². The van der Waals surface area contributed by atoms with Crippen molar-refractivity contribution in [2.45, 2.75) is 32.2 Å². The topological polar surface area (TPSA) is 60.9 Å². The lowest BCUT2D eigenvalue weighted by molar-refractivity contribution is 0.289. The van der Waals surface area contributed by atoms with Crippen molar-refractivity contribution in [1.29, 1.82) is 0 Å². The van der Waals surface area contributed by atoms with Gasteiger partial charge in [0.25, 0.3) is 0 Å².